The third-order valence-corrected chi connectivity index (χ3v) is 7.78. The number of aryl methyl sites for hydroxylation is 1. The fourth-order valence-corrected chi connectivity index (χ4v) is 5.59. The molecule has 4 rings (SSSR count). The lowest BCUT2D eigenvalue weighted by molar-refractivity contribution is -0.136. The molecule has 3 heterocycles. The first-order valence-electron chi connectivity index (χ1n) is 10.7. The van der Waals surface area contributed by atoms with Gasteiger partial charge in [-0.1, -0.05) is 0 Å². The van der Waals surface area contributed by atoms with Crippen LogP contribution in [0.5, 0.6) is 0 Å². The molecule has 9 nitrogen and oxygen atoms in total. The number of carbonyl (C=O) groups is 3. The monoisotopic (exact) mass is 448 g/mol. The second-order valence-electron chi connectivity index (χ2n) is 8.66. The average molecular weight is 449 g/mol. The minimum atomic E-state index is -3.19. The Labute approximate surface area is 182 Å². The highest BCUT2D eigenvalue weighted by Gasteiger charge is 2.38. The number of rotatable bonds is 4. The van der Waals surface area contributed by atoms with Crippen molar-refractivity contribution in [1.29, 1.82) is 0 Å². The van der Waals surface area contributed by atoms with E-state index in [-0.39, 0.29) is 17.7 Å². The molecule has 1 saturated heterocycles. The van der Waals surface area contributed by atoms with Crippen LogP contribution in [0, 0.1) is 5.92 Å². The minimum Gasteiger partial charge on any atom is -0.348 e. The maximum Gasteiger partial charge on any atom is 0.313 e. The minimum absolute atomic E-state index is 0.0825. The van der Waals surface area contributed by atoms with E-state index in [1.807, 2.05) is 17.9 Å². The lowest BCUT2D eigenvalue weighted by Gasteiger charge is -2.30. The molecule has 0 radical (unpaired) electrons. The molecule has 2 N–H and O–H groups in total. The summed E-state index contributed by atoms with van der Waals surface area (Å²) in [6.07, 6.45) is 4.19. The largest absolute Gasteiger partial charge is 0.348 e. The van der Waals surface area contributed by atoms with Crippen molar-refractivity contribution in [1.82, 2.24) is 9.62 Å². The Morgan fingerprint density at radius 3 is 2.52 bits per heavy atom. The third-order valence-electron chi connectivity index (χ3n) is 6.48. The Balaban J connectivity index is 1.34. The highest BCUT2D eigenvalue weighted by Crippen LogP contribution is 2.44. The normalized spacial score (nSPS) is 21.7. The summed E-state index contributed by atoms with van der Waals surface area (Å²) in [7, 11) is -3.19. The molecule has 0 saturated carbocycles. The van der Waals surface area contributed by atoms with E-state index in [4.69, 9.17) is 0 Å². The number of nitrogens with zero attached hydrogens (tertiary/aromatic N) is 2. The van der Waals surface area contributed by atoms with Crippen molar-refractivity contribution in [3.63, 3.8) is 0 Å². The molecule has 1 aromatic rings. The Morgan fingerprint density at radius 2 is 1.84 bits per heavy atom. The van der Waals surface area contributed by atoms with Gasteiger partial charge >= 0.3 is 11.8 Å². The van der Waals surface area contributed by atoms with Gasteiger partial charge in [0.05, 0.1) is 17.9 Å². The van der Waals surface area contributed by atoms with Gasteiger partial charge in [0, 0.05) is 31.9 Å². The highest BCUT2D eigenvalue weighted by atomic mass is 32.2. The Kier molecular flexibility index (Phi) is 5.78. The van der Waals surface area contributed by atoms with Gasteiger partial charge in [-0.3, -0.25) is 14.4 Å². The summed E-state index contributed by atoms with van der Waals surface area (Å²) in [5.74, 6) is -1.50. The smallest absolute Gasteiger partial charge is 0.313 e. The molecule has 31 heavy (non-hydrogen) atoms. The number of sulfonamides is 1. The van der Waals surface area contributed by atoms with Crippen LogP contribution in [0.15, 0.2) is 12.1 Å². The molecule has 1 atom stereocenters. The molecule has 1 fully saturated rings. The zero-order valence-electron chi connectivity index (χ0n) is 17.8. The number of benzene rings is 1. The van der Waals surface area contributed by atoms with E-state index in [1.165, 1.54) is 10.6 Å². The lowest BCUT2D eigenvalue weighted by Crippen LogP contribution is -2.43. The van der Waals surface area contributed by atoms with Crippen LogP contribution in [0.4, 0.5) is 11.4 Å². The molecule has 0 spiro atoms. The Morgan fingerprint density at radius 1 is 1.13 bits per heavy atom. The summed E-state index contributed by atoms with van der Waals surface area (Å²) in [6, 6.07) is 3.64. The van der Waals surface area contributed by atoms with Crippen molar-refractivity contribution in [2.45, 2.75) is 38.5 Å². The van der Waals surface area contributed by atoms with Gasteiger partial charge in [0.1, 0.15) is 0 Å². The van der Waals surface area contributed by atoms with Crippen LogP contribution in [0.2, 0.25) is 0 Å². The number of hydrogen-bond donors (Lipinski definition) is 2. The molecule has 3 amide bonds. The predicted octanol–water partition coefficient (Wildman–Crippen LogP) is 0.809. The quantitative estimate of drug-likeness (QED) is 0.662. The topological polar surface area (TPSA) is 116 Å². The summed E-state index contributed by atoms with van der Waals surface area (Å²) in [5.41, 5.74) is 3.41. The van der Waals surface area contributed by atoms with E-state index in [0.29, 0.717) is 38.2 Å². The van der Waals surface area contributed by atoms with Crippen molar-refractivity contribution in [3.8, 4) is 0 Å². The first-order valence-corrected chi connectivity index (χ1v) is 12.5. The summed E-state index contributed by atoms with van der Waals surface area (Å²) >= 11 is 0. The molecule has 1 unspecified atom stereocenters. The van der Waals surface area contributed by atoms with E-state index in [2.05, 4.69) is 10.6 Å². The summed E-state index contributed by atoms with van der Waals surface area (Å²) in [4.78, 5) is 39.0. The standard InChI is InChI=1S/C21H28N4O5S/c1-13-17-11-16(10-15-4-3-7-25(18(15)17)21(13)28)23-20(27)19(26)22-12-14-5-8-24(9-6-14)31(2,29)30/h10-11,13-14H,3-9,12H2,1-2H3,(H,22,26)(H,23,27). The van der Waals surface area contributed by atoms with Crippen molar-refractivity contribution in [2.75, 3.05) is 42.7 Å². The molecule has 0 bridgehead atoms. The maximum absolute atomic E-state index is 12.5. The summed E-state index contributed by atoms with van der Waals surface area (Å²) < 4.78 is 24.6. The van der Waals surface area contributed by atoms with Crippen molar-refractivity contribution >= 4 is 39.1 Å². The zero-order chi connectivity index (χ0) is 22.3. The predicted molar refractivity (Wildman–Crippen MR) is 116 cm³/mol. The molecular formula is C21H28N4O5S. The SMILES string of the molecule is CC1C(=O)N2CCCc3cc(NC(=O)C(=O)NCC4CCN(S(C)(=O)=O)CC4)cc1c32. The number of hydrogen-bond acceptors (Lipinski definition) is 5. The third kappa shape index (κ3) is 4.31. The number of anilines is 2. The first kappa shape index (κ1) is 21.8. The highest BCUT2D eigenvalue weighted by molar-refractivity contribution is 7.88. The van der Waals surface area contributed by atoms with E-state index >= 15 is 0 Å². The number of piperidine rings is 1. The second-order valence-corrected chi connectivity index (χ2v) is 10.6. The fraction of sp³-hybridized carbons (Fsp3) is 0.571. The molecule has 3 aliphatic rings. The van der Waals surface area contributed by atoms with Crippen molar-refractivity contribution < 1.29 is 22.8 Å². The van der Waals surface area contributed by atoms with E-state index in [0.717, 1.165) is 36.2 Å². The number of amides is 3. The summed E-state index contributed by atoms with van der Waals surface area (Å²) in [6.45, 7) is 3.78. The average Bonchev–Trinajstić information content (AvgIpc) is 2.98. The van der Waals surface area contributed by atoms with Gasteiger partial charge in [-0.15, -0.1) is 0 Å². The van der Waals surface area contributed by atoms with Gasteiger partial charge in [-0.05, 0) is 61.8 Å². The van der Waals surface area contributed by atoms with Crippen molar-refractivity contribution in [3.05, 3.63) is 23.3 Å². The summed E-state index contributed by atoms with van der Waals surface area (Å²) in [5, 5.41) is 5.33. The van der Waals surface area contributed by atoms with Crippen LogP contribution in [0.25, 0.3) is 0 Å². The van der Waals surface area contributed by atoms with E-state index in [9.17, 15) is 22.8 Å². The van der Waals surface area contributed by atoms with Crippen molar-refractivity contribution in [2.24, 2.45) is 5.92 Å². The molecular weight excluding hydrogens is 420 g/mol. The maximum atomic E-state index is 12.5. The fourth-order valence-electron chi connectivity index (χ4n) is 4.72. The van der Waals surface area contributed by atoms with Crippen LogP contribution in [0.1, 0.15) is 43.2 Å². The molecule has 0 aliphatic carbocycles. The first-order chi connectivity index (χ1) is 14.6. The molecule has 0 aromatic heterocycles. The Bertz CT molecular complexity index is 1030. The molecule has 1 aromatic carbocycles. The second kappa shape index (κ2) is 8.23. The number of nitrogens with one attached hydrogen (secondary N) is 2. The molecule has 3 aliphatic heterocycles. The lowest BCUT2D eigenvalue weighted by atomic mass is 9.96. The van der Waals surface area contributed by atoms with Crippen LogP contribution >= 0.6 is 0 Å². The van der Waals surface area contributed by atoms with Crippen LogP contribution in [-0.4, -0.2) is 62.9 Å². The van der Waals surface area contributed by atoms with Gasteiger partial charge in [-0.2, -0.15) is 0 Å². The van der Waals surface area contributed by atoms with E-state index in [1.54, 1.807) is 6.07 Å². The zero-order valence-corrected chi connectivity index (χ0v) is 18.6. The van der Waals surface area contributed by atoms with Gasteiger partial charge in [0.15, 0.2) is 0 Å². The molecule has 10 heteroatoms. The van der Waals surface area contributed by atoms with Crippen LogP contribution in [-0.2, 0) is 30.8 Å². The van der Waals surface area contributed by atoms with Gasteiger partial charge in [0.25, 0.3) is 0 Å². The Hall–Kier alpha value is -2.46. The van der Waals surface area contributed by atoms with Crippen LogP contribution in [0.3, 0.4) is 0 Å². The van der Waals surface area contributed by atoms with Gasteiger partial charge in [-0.25, -0.2) is 12.7 Å². The number of carbonyl (C=O) groups excluding carboxylic acids is 3. The van der Waals surface area contributed by atoms with Gasteiger partial charge < -0.3 is 15.5 Å². The molecule has 168 valence electrons. The van der Waals surface area contributed by atoms with Crippen LogP contribution < -0.4 is 15.5 Å². The van der Waals surface area contributed by atoms with Gasteiger partial charge in [0.2, 0.25) is 15.9 Å². The van der Waals surface area contributed by atoms with E-state index < -0.39 is 21.8 Å².